The van der Waals surface area contributed by atoms with Crippen molar-refractivity contribution >= 4 is 27.2 Å². The molecule has 0 radical (unpaired) electrons. The highest BCUT2D eigenvalue weighted by atomic mass is 32.1. The standard InChI is InChI=1S/C12H12N2S/c1-3-9(4-2)14-10-5-6-11-12(7-10)15-8-13-11/h1,5-9,14H,4H2,2H3. The van der Waals surface area contributed by atoms with Gasteiger partial charge >= 0.3 is 0 Å². The third-order valence-corrected chi connectivity index (χ3v) is 3.07. The lowest BCUT2D eigenvalue weighted by Gasteiger charge is -2.11. The summed E-state index contributed by atoms with van der Waals surface area (Å²) in [5.41, 5.74) is 3.96. The molecule has 1 atom stereocenters. The van der Waals surface area contributed by atoms with E-state index in [0.29, 0.717) is 0 Å². The van der Waals surface area contributed by atoms with Gasteiger partial charge in [0.25, 0.3) is 0 Å². The number of hydrogen-bond donors (Lipinski definition) is 1. The summed E-state index contributed by atoms with van der Waals surface area (Å²) >= 11 is 1.64. The molecule has 1 unspecified atom stereocenters. The number of nitrogens with zero attached hydrogens (tertiary/aromatic N) is 1. The van der Waals surface area contributed by atoms with Gasteiger partial charge in [-0.05, 0) is 24.6 Å². The minimum Gasteiger partial charge on any atom is -0.372 e. The first-order valence-electron chi connectivity index (χ1n) is 4.89. The molecule has 0 aliphatic carbocycles. The number of thiazole rings is 1. The van der Waals surface area contributed by atoms with Gasteiger partial charge in [0, 0.05) is 5.69 Å². The number of hydrogen-bond acceptors (Lipinski definition) is 3. The summed E-state index contributed by atoms with van der Waals surface area (Å²) < 4.78 is 1.19. The molecule has 1 N–H and O–H groups in total. The Labute approximate surface area is 93.3 Å². The van der Waals surface area contributed by atoms with Crippen molar-refractivity contribution in [3.8, 4) is 12.3 Å². The number of benzene rings is 1. The zero-order chi connectivity index (χ0) is 10.7. The van der Waals surface area contributed by atoms with Crippen molar-refractivity contribution in [1.82, 2.24) is 4.98 Å². The van der Waals surface area contributed by atoms with Crippen molar-refractivity contribution in [2.45, 2.75) is 19.4 Å². The van der Waals surface area contributed by atoms with Gasteiger partial charge in [-0.2, -0.15) is 0 Å². The Morgan fingerprint density at radius 2 is 2.47 bits per heavy atom. The molecule has 1 aromatic carbocycles. The molecular weight excluding hydrogens is 204 g/mol. The summed E-state index contributed by atoms with van der Waals surface area (Å²) in [4.78, 5) is 4.23. The fourth-order valence-corrected chi connectivity index (χ4v) is 2.12. The van der Waals surface area contributed by atoms with E-state index < -0.39 is 0 Å². The summed E-state index contributed by atoms with van der Waals surface area (Å²) in [5.74, 6) is 2.72. The van der Waals surface area contributed by atoms with Gasteiger partial charge < -0.3 is 5.32 Å². The van der Waals surface area contributed by atoms with E-state index in [1.54, 1.807) is 11.3 Å². The monoisotopic (exact) mass is 216 g/mol. The second-order valence-corrected chi connectivity index (χ2v) is 4.19. The summed E-state index contributed by atoms with van der Waals surface area (Å²) in [5, 5.41) is 3.30. The molecule has 2 aromatic rings. The molecule has 0 fully saturated rings. The van der Waals surface area contributed by atoms with Crippen LogP contribution in [0.3, 0.4) is 0 Å². The topological polar surface area (TPSA) is 24.9 Å². The highest BCUT2D eigenvalue weighted by molar-refractivity contribution is 7.16. The molecule has 0 spiro atoms. The summed E-state index contributed by atoms with van der Waals surface area (Å²) in [6, 6.07) is 6.22. The fourth-order valence-electron chi connectivity index (χ4n) is 1.41. The second-order valence-electron chi connectivity index (χ2n) is 3.31. The van der Waals surface area contributed by atoms with E-state index in [9.17, 15) is 0 Å². The first kappa shape index (κ1) is 10.0. The maximum Gasteiger partial charge on any atom is 0.0871 e. The quantitative estimate of drug-likeness (QED) is 0.797. The second kappa shape index (κ2) is 4.33. The van der Waals surface area contributed by atoms with Crippen LogP contribution in [0.25, 0.3) is 10.2 Å². The molecule has 0 saturated heterocycles. The number of fused-ring (bicyclic) bond motifs is 1. The lowest BCUT2D eigenvalue weighted by molar-refractivity contribution is 0.858. The predicted octanol–water partition coefficient (Wildman–Crippen LogP) is 3.12. The van der Waals surface area contributed by atoms with Gasteiger partial charge in [0.2, 0.25) is 0 Å². The Balaban J connectivity index is 2.25. The van der Waals surface area contributed by atoms with Crippen molar-refractivity contribution in [2.75, 3.05) is 5.32 Å². The normalized spacial score (nSPS) is 12.3. The molecule has 1 aromatic heterocycles. The fraction of sp³-hybridized carbons (Fsp3) is 0.250. The maximum atomic E-state index is 5.40. The summed E-state index contributed by atoms with van der Waals surface area (Å²) in [6.45, 7) is 2.07. The maximum absolute atomic E-state index is 5.40. The SMILES string of the molecule is C#CC(CC)Nc1ccc2ncsc2c1. The minimum absolute atomic E-state index is 0.107. The van der Waals surface area contributed by atoms with E-state index in [1.807, 2.05) is 17.6 Å². The van der Waals surface area contributed by atoms with Gasteiger partial charge in [0.05, 0.1) is 21.8 Å². The van der Waals surface area contributed by atoms with Gasteiger partial charge in [-0.3, -0.25) is 0 Å². The molecule has 76 valence electrons. The molecule has 0 aliphatic rings. The van der Waals surface area contributed by atoms with E-state index in [0.717, 1.165) is 17.6 Å². The zero-order valence-corrected chi connectivity index (χ0v) is 9.34. The van der Waals surface area contributed by atoms with Crippen molar-refractivity contribution in [1.29, 1.82) is 0 Å². The first-order chi connectivity index (χ1) is 7.33. The molecule has 0 aliphatic heterocycles. The van der Waals surface area contributed by atoms with Gasteiger partial charge in [-0.25, -0.2) is 4.98 Å². The summed E-state index contributed by atoms with van der Waals surface area (Å²) in [6.07, 6.45) is 6.33. The number of terminal acetylenes is 1. The van der Waals surface area contributed by atoms with Crippen molar-refractivity contribution in [2.24, 2.45) is 0 Å². The van der Waals surface area contributed by atoms with Crippen LogP contribution in [-0.4, -0.2) is 11.0 Å². The van der Waals surface area contributed by atoms with Crippen LogP contribution in [0.5, 0.6) is 0 Å². The molecule has 0 saturated carbocycles. The van der Waals surface area contributed by atoms with E-state index in [2.05, 4.69) is 29.2 Å². The molecule has 15 heavy (non-hydrogen) atoms. The Morgan fingerprint density at radius 1 is 1.60 bits per heavy atom. The molecule has 0 amide bonds. The van der Waals surface area contributed by atoms with Crippen LogP contribution in [-0.2, 0) is 0 Å². The van der Waals surface area contributed by atoms with Crippen LogP contribution in [0.2, 0.25) is 0 Å². The molecule has 3 heteroatoms. The number of anilines is 1. The molecule has 0 bridgehead atoms. The lowest BCUT2D eigenvalue weighted by atomic mass is 10.2. The van der Waals surface area contributed by atoms with Crippen LogP contribution < -0.4 is 5.32 Å². The highest BCUT2D eigenvalue weighted by Crippen LogP contribution is 2.22. The van der Waals surface area contributed by atoms with Gasteiger partial charge in [-0.15, -0.1) is 17.8 Å². The summed E-state index contributed by atoms with van der Waals surface area (Å²) in [7, 11) is 0. The van der Waals surface area contributed by atoms with Crippen LogP contribution in [0.4, 0.5) is 5.69 Å². The van der Waals surface area contributed by atoms with E-state index in [4.69, 9.17) is 6.42 Å². The molecule has 1 heterocycles. The highest BCUT2D eigenvalue weighted by Gasteiger charge is 2.03. The smallest absolute Gasteiger partial charge is 0.0871 e. The van der Waals surface area contributed by atoms with Crippen LogP contribution in [0, 0.1) is 12.3 Å². The van der Waals surface area contributed by atoms with Gasteiger partial charge in [0.15, 0.2) is 0 Å². The van der Waals surface area contributed by atoms with Crippen LogP contribution in [0.15, 0.2) is 23.7 Å². The Morgan fingerprint density at radius 3 is 3.20 bits per heavy atom. The Bertz CT molecular complexity index is 496. The van der Waals surface area contributed by atoms with E-state index in [1.165, 1.54) is 4.70 Å². The first-order valence-corrected chi connectivity index (χ1v) is 5.77. The average Bonchev–Trinajstić information content (AvgIpc) is 2.73. The largest absolute Gasteiger partial charge is 0.372 e. The number of aromatic nitrogens is 1. The minimum atomic E-state index is 0.107. The molecule has 2 rings (SSSR count). The van der Waals surface area contributed by atoms with Crippen molar-refractivity contribution in [3.63, 3.8) is 0 Å². The zero-order valence-electron chi connectivity index (χ0n) is 8.53. The average molecular weight is 216 g/mol. The number of rotatable bonds is 3. The third kappa shape index (κ3) is 2.11. The molecular formula is C12H12N2S. The van der Waals surface area contributed by atoms with Crippen LogP contribution >= 0.6 is 11.3 Å². The van der Waals surface area contributed by atoms with Gasteiger partial charge in [-0.1, -0.05) is 12.8 Å². The van der Waals surface area contributed by atoms with Crippen molar-refractivity contribution < 1.29 is 0 Å². The van der Waals surface area contributed by atoms with Gasteiger partial charge in [0.1, 0.15) is 0 Å². The predicted molar refractivity (Wildman–Crippen MR) is 66.2 cm³/mol. The molecule has 2 nitrogen and oxygen atoms in total. The lowest BCUT2D eigenvalue weighted by Crippen LogP contribution is -2.15. The van der Waals surface area contributed by atoms with Crippen LogP contribution in [0.1, 0.15) is 13.3 Å². The van der Waals surface area contributed by atoms with E-state index in [-0.39, 0.29) is 6.04 Å². The third-order valence-electron chi connectivity index (χ3n) is 2.28. The number of nitrogens with one attached hydrogen (secondary N) is 1. The Kier molecular flexibility index (Phi) is 2.89. The van der Waals surface area contributed by atoms with Crippen molar-refractivity contribution in [3.05, 3.63) is 23.7 Å². The van der Waals surface area contributed by atoms with E-state index >= 15 is 0 Å². The Hall–Kier alpha value is -1.53.